The summed E-state index contributed by atoms with van der Waals surface area (Å²) in [5.41, 5.74) is 2.21. The minimum absolute atomic E-state index is 0.0683. The maximum atomic E-state index is 14.1. The lowest BCUT2D eigenvalue weighted by atomic mass is 10.2. The van der Waals surface area contributed by atoms with Gasteiger partial charge in [-0.1, -0.05) is 42.1 Å². The molecule has 0 unspecified atom stereocenters. The smallest absolute Gasteiger partial charge is 0.265 e. The van der Waals surface area contributed by atoms with Gasteiger partial charge >= 0.3 is 0 Å². The predicted octanol–water partition coefficient (Wildman–Crippen LogP) is 5.02. The van der Waals surface area contributed by atoms with Crippen molar-refractivity contribution >= 4 is 57.0 Å². The number of methoxy groups -OCH3 is 1. The van der Waals surface area contributed by atoms with Gasteiger partial charge in [0.1, 0.15) is 18.1 Å². The Morgan fingerprint density at radius 3 is 2.50 bits per heavy atom. The van der Waals surface area contributed by atoms with Crippen molar-refractivity contribution in [3.8, 4) is 5.75 Å². The van der Waals surface area contributed by atoms with Crippen molar-refractivity contribution < 1.29 is 18.7 Å². The first-order valence-corrected chi connectivity index (χ1v) is 14.7. The van der Waals surface area contributed by atoms with E-state index < -0.39 is 0 Å². The third-order valence-electron chi connectivity index (χ3n) is 6.92. The molecule has 0 radical (unpaired) electrons. The van der Waals surface area contributed by atoms with Gasteiger partial charge in [-0.2, -0.15) is 0 Å². The standard InChI is InChI=1S/C30H30BrFN4O3S/c1-39-26-11-10-21(18-22(26)31)19-28-30(38)36(25-8-4-5-9-27(25)40-28)20-29(37)33-12-13-34-14-16-35(17-15-34)24-7-3-2-6-23(24)32/h2-11,18-19H,12-17,20H2,1H3,(H,33,37)/b28-19+. The number of piperazine rings is 1. The number of hydrogen-bond donors (Lipinski definition) is 1. The van der Waals surface area contributed by atoms with Crippen LogP contribution in [0, 0.1) is 5.82 Å². The molecule has 2 aliphatic rings. The van der Waals surface area contributed by atoms with Crippen molar-refractivity contribution in [2.24, 2.45) is 0 Å². The second kappa shape index (κ2) is 12.9. The van der Waals surface area contributed by atoms with Gasteiger partial charge in [0, 0.05) is 44.2 Å². The molecule has 0 aliphatic carbocycles. The van der Waals surface area contributed by atoms with Crippen LogP contribution in [0.3, 0.4) is 0 Å². The van der Waals surface area contributed by atoms with Crippen molar-refractivity contribution in [3.05, 3.63) is 87.5 Å². The van der Waals surface area contributed by atoms with E-state index in [-0.39, 0.29) is 24.2 Å². The number of carbonyl (C=O) groups is 2. The summed E-state index contributed by atoms with van der Waals surface area (Å²) in [7, 11) is 1.60. The summed E-state index contributed by atoms with van der Waals surface area (Å²) >= 11 is 4.90. The van der Waals surface area contributed by atoms with Crippen molar-refractivity contribution in [3.63, 3.8) is 0 Å². The van der Waals surface area contributed by atoms with Crippen molar-refractivity contribution in [2.45, 2.75) is 4.90 Å². The summed E-state index contributed by atoms with van der Waals surface area (Å²) in [5.74, 6) is 0.0763. The lowest BCUT2D eigenvalue weighted by Gasteiger charge is -2.36. The highest BCUT2D eigenvalue weighted by atomic mass is 79.9. The Balaban J connectivity index is 1.18. The predicted molar refractivity (Wildman–Crippen MR) is 161 cm³/mol. The minimum atomic E-state index is -0.216. The number of amides is 2. The number of nitrogens with zero attached hydrogens (tertiary/aromatic N) is 3. The van der Waals surface area contributed by atoms with Crippen LogP contribution in [-0.2, 0) is 9.59 Å². The fourth-order valence-corrected chi connectivity index (χ4v) is 6.43. The van der Waals surface area contributed by atoms with E-state index in [1.54, 1.807) is 24.1 Å². The minimum Gasteiger partial charge on any atom is -0.496 e. The Hall–Kier alpha value is -3.34. The highest BCUT2D eigenvalue weighted by Crippen LogP contribution is 2.42. The molecule has 2 aliphatic heterocycles. The molecule has 40 heavy (non-hydrogen) atoms. The molecule has 0 atom stereocenters. The van der Waals surface area contributed by atoms with Crippen LogP contribution in [0.25, 0.3) is 6.08 Å². The van der Waals surface area contributed by atoms with Crippen LogP contribution in [0.1, 0.15) is 5.56 Å². The van der Waals surface area contributed by atoms with Gasteiger partial charge in [-0.15, -0.1) is 0 Å². The van der Waals surface area contributed by atoms with Crippen LogP contribution < -0.4 is 19.9 Å². The number of fused-ring (bicyclic) bond motifs is 1. The van der Waals surface area contributed by atoms with Crippen molar-refractivity contribution in [2.75, 3.05) is 62.7 Å². The second-order valence-corrected chi connectivity index (χ2v) is 11.4. The van der Waals surface area contributed by atoms with Crippen LogP contribution in [-0.4, -0.2) is 69.6 Å². The number of nitrogens with one attached hydrogen (secondary N) is 1. The van der Waals surface area contributed by atoms with E-state index in [0.717, 1.165) is 46.8 Å². The van der Waals surface area contributed by atoms with Gasteiger partial charge in [0.2, 0.25) is 5.91 Å². The molecule has 10 heteroatoms. The van der Waals surface area contributed by atoms with E-state index in [2.05, 4.69) is 31.0 Å². The maximum absolute atomic E-state index is 14.1. The second-order valence-electron chi connectivity index (χ2n) is 9.49. The summed E-state index contributed by atoms with van der Waals surface area (Å²) in [4.78, 5) is 33.8. The Morgan fingerprint density at radius 1 is 1.05 bits per heavy atom. The number of carbonyl (C=O) groups excluding carboxylic acids is 2. The molecule has 1 fully saturated rings. The fraction of sp³-hybridized carbons (Fsp3) is 0.267. The highest BCUT2D eigenvalue weighted by molar-refractivity contribution is 9.10. The van der Waals surface area contributed by atoms with Crippen molar-refractivity contribution in [1.82, 2.24) is 10.2 Å². The zero-order valence-electron chi connectivity index (χ0n) is 22.1. The quantitative estimate of drug-likeness (QED) is 0.355. The zero-order valence-corrected chi connectivity index (χ0v) is 24.5. The fourth-order valence-electron chi connectivity index (χ4n) is 4.82. The topological polar surface area (TPSA) is 65.1 Å². The number of para-hydroxylation sites is 2. The molecular formula is C30H30BrFN4O3S. The molecule has 3 aromatic carbocycles. The van der Waals surface area contributed by atoms with E-state index in [1.807, 2.05) is 54.6 Å². The van der Waals surface area contributed by atoms with Gasteiger partial charge in [-0.25, -0.2) is 4.39 Å². The summed E-state index contributed by atoms with van der Waals surface area (Å²) in [6.07, 6.45) is 1.83. The molecule has 7 nitrogen and oxygen atoms in total. The van der Waals surface area contributed by atoms with Crippen LogP contribution in [0.5, 0.6) is 5.75 Å². The number of rotatable bonds is 8. The van der Waals surface area contributed by atoms with Gasteiger partial charge in [-0.05, 0) is 64.0 Å². The van der Waals surface area contributed by atoms with Crippen LogP contribution in [0.4, 0.5) is 15.8 Å². The molecule has 0 aromatic heterocycles. The largest absolute Gasteiger partial charge is 0.496 e. The third kappa shape index (κ3) is 6.51. The highest BCUT2D eigenvalue weighted by Gasteiger charge is 2.30. The summed E-state index contributed by atoms with van der Waals surface area (Å²) in [6.45, 7) is 4.12. The summed E-state index contributed by atoms with van der Waals surface area (Å²) in [5, 5.41) is 2.97. The number of benzene rings is 3. The third-order valence-corrected chi connectivity index (χ3v) is 8.62. The molecular weight excluding hydrogens is 595 g/mol. The van der Waals surface area contributed by atoms with Crippen LogP contribution in [0.2, 0.25) is 0 Å². The Bertz CT molecular complexity index is 1430. The summed E-state index contributed by atoms with van der Waals surface area (Å²) in [6, 6.07) is 20.1. The molecule has 5 rings (SSSR count). The molecule has 0 spiro atoms. The SMILES string of the molecule is COc1ccc(/C=C2/Sc3ccccc3N(CC(=O)NCCN3CCN(c4ccccc4F)CC3)C2=O)cc1Br. The Kier molecular flexibility index (Phi) is 9.08. The van der Waals surface area contributed by atoms with Crippen LogP contribution >= 0.6 is 27.7 Å². The van der Waals surface area contributed by atoms with Gasteiger partial charge in [-0.3, -0.25) is 19.4 Å². The average Bonchev–Trinajstić information content (AvgIpc) is 2.96. The lowest BCUT2D eigenvalue weighted by molar-refractivity contribution is -0.122. The van der Waals surface area contributed by atoms with E-state index in [0.29, 0.717) is 29.4 Å². The first-order valence-electron chi connectivity index (χ1n) is 13.1. The number of ether oxygens (including phenoxy) is 1. The van der Waals surface area contributed by atoms with Gasteiger partial charge in [0.25, 0.3) is 5.91 Å². The number of halogens is 2. The van der Waals surface area contributed by atoms with E-state index in [1.165, 1.54) is 17.8 Å². The number of anilines is 2. The molecule has 0 bridgehead atoms. The molecule has 2 amide bonds. The van der Waals surface area contributed by atoms with E-state index in [9.17, 15) is 14.0 Å². The van der Waals surface area contributed by atoms with Crippen molar-refractivity contribution in [1.29, 1.82) is 0 Å². The lowest BCUT2D eigenvalue weighted by Crippen LogP contribution is -2.49. The molecule has 208 valence electrons. The molecule has 2 heterocycles. The molecule has 1 N–H and O–H groups in total. The normalized spacial score (nSPS) is 16.7. The van der Waals surface area contributed by atoms with Gasteiger partial charge in [0.15, 0.2) is 0 Å². The maximum Gasteiger partial charge on any atom is 0.265 e. The Labute approximate surface area is 246 Å². The van der Waals surface area contributed by atoms with Crippen LogP contribution in [0.15, 0.2) is 81.0 Å². The van der Waals surface area contributed by atoms with Gasteiger partial charge in [0.05, 0.1) is 27.9 Å². The van der Waals surface area contributed by atoms with E-state index in [4.69, 9.17) is 4.74 Å². The number of thioether (sulfide) groups is 1. The zero-order chi connectivity index (χ0) is 28.1. The first-order chi connectivity index (χ1) is 19.4. The monoisotopic (exact) mass is 624 g/mol. The first kappa shape index (κ1) is 28.2. The molecule has 1 saturated heterocycles. The average molecular weight is 626 g/mol. The Morgan fingerprint density at radius 2 is 1.77 bits per heavy atom. The van der Waals surface area contributed by atoms with Gasteiger partial charge < -0.3 is 15.0 Å². The molecule has 0 saturated carbocycles. The molecule has 3 aromatic rings. The van der Waals surface area contributed by atoms with E-state index >= 15 is 0 Å². The summed E-state index contributed by atoms with van der Waals surface area (Å²) < 4.78 is 20.2. The number of hydrogen-bond acceptors (Lipinski definition) is 6.